The molecule has 0 aromatic heterocycles. The monoisotopic (exact) mass is 318 g/mol. The van der Waals surface area contributed by atoms with Crippen molar-refractivity contribution in [1.29, 1.82) is 0 Å². The number of aryl methyl sites for hydroxylation is 2. The predicted molar refractivity (Wildman–Crippen MR) is 93.9 cm³/mol. The van der Waals surface area contributed by atoms with Crippen molar-refractivity contribution in [3.8, 4) is 5.75 Å². The highest BCUT2D eigenvalue weighted by Gasteiger charge is 2.21. The summed E-state index contributed by atoms with van der Waals surface area (Å²) in [6.45, 7) is 6.85. The van der Waals surface area contributed by atoms with E-state index in [0.717, 1.165) is 50.1 Å². The van der Waals surface area contributed by atoms with Crippen LogP contribution in [0.4, 0.5) is 0 Å². The Morgan fingerprint density at radius 2 is 2.00 bits per heavy atom. The Labute approximate surface area is 140 Å². The first kappa shape index (κ1) is 17.8. The number of carbonyl (C=O) groups is 1. The van der Waals surface area contributed by atoms with Crippen LogP contribution in [-0.4, -0.2) is 43.6 Å². The van der Waals surface area contributed by atoms with E-state index in [-0.39, 0.29) is 5.91 Å². The van der Waals surface area contributed by atoms with Crippen LogP contribution in [0.2, 0.25) is 0 Å². The maximum atomic E-state index is 12.2. The van der Waals surface area contributed by atoms with E-state index in [1.807, 2.05) is 11.9 Å². The fraction of sp³-hybridized carbons (Fsp3) is 0.632. The van der Waals surface area contributed by atoms with E-state index in [9.17, 15) is 4.79 Å². The van der Waals surface area contributed by atoms with Crippen molar-refractivity contribution in [2.45, 2.75) is 52.0 Å². The smallest absolute Gasteiger partial charge is 0.222 e. The van der Waals surface area contributed by atoms with Gasteiger partial charge in [0.15, 0.2) is 0 Å². The lowest BCUT2D eigenvalue weighted by molar-refractivity contribution is -0.132. The lowest BCUT2D eigenvalue weighted by Gasteiger charge is -2.31. The van der Waals surface area contributed by atoms with Crippen molar-refractivity contribution in [3.05, 3.63) is 29.3 Å². The van der Waals surface area contributed by atoms with Gasteiger partial charge in [0.25, 0.3) is 0 Å². The van der Waals surface area contributed by atoms with Crippen LogP contribution in [0.5, 0.6) is 5.75 Å². The van der Waals surface area contributed by atoms with Crippen LogP contribution in [0.25, 0.3) is 0 Å². The van der Waals surface area contributed by atoms with Gasteiger partial charge >= 0.3 is 0 Å². The fourth-order valence-electron chi connectivity index (χ4n) is 3.00. The molecule has 1 aliphatic heterocycles. The molecule has 23 heavy (non-hydrogen) atoms. The Hall–Kier alpha value is -1.55. The molecular weight excluding hydrogens is 288 g/mol. The molecule has 0 atom stereocenters. The van der Waals surface area contributed by atoms with E-state index in [1.165, 1.54) is 5.56 Å². The van der Waals surface area contributed by atoms with E-state index in [0.29, 0.717) is 19.1 Å². The van der Waals surface area contributed by atoms with E-state index in [4.69, 9.17) is 4.74 Å². The first-order chi connectivity index (χ1) is 11.1. The van der Waals surface area contributed by atoms with Gasteiger partial charge in [-0.1, -0.05) is 12.1 Å². The first-order valence-electron chi connectivity index (χ1n) is 8.74. The Morgan fingerprint density at radius 3 is 2.74 bits per heavy atom. The van der Waals surface area contributed by atoms with Crippen molar-refractivity contribution >= 4 is 5.91 Å². The third kappa shape index (κ3) is 5.54. The van der Waals surface area contributed by atoms with Crippen LogP contribution < -0.4 is 10.1 Å². The van der Waals surface area contributed by atoms with Gasteiger partial charge in [0.2, 0.25) is 5.91 Å². The average molecular weight is 318 g/mol. The molecule has 0 bridgehead atoms. The summed E-state index contributed by atoms with van der Waals surface area (Å²) in [5.74, 6) is 1.23. The number of benzene rings is 1. The van der Waals surface area contributed by atoms with Crippen LogP contribution in [0, 0.1) is 13.8 Å². The summed E-state index contributed by atoms with van der Waals surface area (Å²) in [6.07, 6.45) is 4.56. The van der Waals surface area contributed by atoms with Crippen LogP contribution >= 0.6 is 0 Å². The average Bonchev–Trinajstić information content (AvgIpc) is 2.57. The largest absolute Gasteiger partial charge is 0.493 e. The number of piperidine rings is 1. The molecule has 2 rings (SSSR count). The lowest BCUT2D eigenvalue weighted by Crippen LogP contribution is -2.43. The van der Waals surface area contributed by atoms with Crippen molar-refractivity contribution in [2.75, 3.05) is 26.7 Å². The van der Waals surface area contributed by atoms with Gasteiger partial charge in [-0.3, -0.25) is 4.79 Å². The summed E-state index contributed by atoms with van der Waals surface area (Å²) < 4.78 is 5.84. The van der Waals surface area contributed by atoms with Gasteiger partial charge in [-0.2, -0.15) is 0 Å². The summed E-state index contributed by atoms with van der Waals surface area (Å²) >= 11 is 0. The van der Waals surface area contributed by atoms with Crippen LogP contribution in [0.3, 0.4) is 0 Å². The highest BCUT2D eigenvalue weighted by molar-refractivity contribution is 5.76. The van der Waals surface area contributed by atoms with Gasteiger partial charge in [0, 0.05) is 19.5 Å². The van der Waals surface area contributed by atoms with Crippen LogP contribution in [0.15, 0.2) is 18.2 Å². The minimum atomic E-state index is 0.267. The second kappa shape index (κ2) is 8.92. The highest BCUT2D eigenvalue weighted by Crippen LogP contribution is 2.19. The number of hydrogen-bond donors (Lipinski definition) is 1. The Bertz CT molecular complexity index is 510. The quantitative estimate of drug-likeness (QED) is 0.786. The fourth-order valence-corrected chi connectivity index (χ4v) is 3.00. The maximum Gasteiger partial charge on any atom is 0.222 e. The third-order valence-electron chi connectivity index (χ3n) is 4.64. The molecule has 128 valence electrons. The molecule has 1 amide bonds. The Kier molecular flexibility index (Phi) is 6.90. The summed E-state index contributed by atoms with van der Waals surface area (Å²) in [5.41, 5.74) is 2.38. The molecule has 0 radical (unpaired) electrons. The van der Waals surface area contributed by atoms with Gasteiger partial charge in [0.05, 0.1) is 6.61 Å². The highest BCUT2D eigenvalue weighted by atomic mass is 16.5. The predicted octanol–water partition coefficient (Wildman–Crippen LogP) is 3.06. The second-order valence-corrected chi connectivity index (χ2v) is 6.56. The number of hydrogen-bond acceptors (Lipinski definition) is 3. The van der Waals surface area contributed by atoms with E-state index in [2.05, 4.69) is 37.4 Å². The van der Waals surface area contributed by atoms with Gasteiger partial charge < -0.3 is 15.0 Å². The van der Waals surface area contributed by atoms with Crippen molar-refractivity contribution in [3.63, 3.8) is 0 Å². The summed E-state index contributed by atoms with van der Waals surface area (Å²) in [4.78, 5) is 14.2. The van der Waals surface area contributed by atoms with E-state index in [1.54, 1.807) is 0 Å². The molecule has 4 nitrogen and oxygen atoms in total. The summed E-state index contributed by atoms with van der Waals surface area (Å²) in [6, 6.07) is 6.67. The minimum Gasteiger partial charge on any atom is -0.493 e. The molecule has 1 N–H and O–H groups in total. The molecule has 0 spiro atoms. The molecule has 0 saturated carbocycles. The number of nitrogens with zero attached hydrogens (tertiary/aromatic N) is 1. The maximum absolute atomic E-state index is 12.2. The SMILES string of the molecule is Cc1ccc(C)c(OCCCCC(=O)N(C)C2CCNCC2)c1. The van der Waals surface area contributed by atoms with Crippen LogP contribution in [-0.2, 0) is 4.79 Å². The zero-order chi connectivity index (χ0) is 16.7. The Morgan fingerprint density at radius 1 is 1.26 bits per heavy atom. The van der Waals surface area contributed by atoms with E-state index >= 15 is 0 Å². The zero-order valence-electron chi connectivity index (χ0n) is 14.7. The molecule has 1 aliphatic rings. The standard InChI is InChI=1S/C19H30N2O2/c1-15-7-8-16(2)18(14-15)23-13-5-4-6-19(22)21(3)17-9-11-20-12-10-17/h7-8,14,17,20H,4-6,9-13H2,1-3H3. The number of carbonyl (C=O) groups excluding carboxylic acids is 1. The minimum absolute atomic E-state index is 0.267. The number of rotatable bonds is 7. The molecule has 1 heterocycles. The normalized spacial score (nSPS) is 15.4. The summed E-state index contributed by atoms with van der Waals surface area (Å²) in [7, 11) is 1.95. The third-order valence-corrected chi connectivity index (χ3v) is 4.64. The van der Waals surface area contributed by atoms with Crippen LogP contribution in [0.1, 0.15) is 43.2 Å². The van der Waals surface area contributed by atoms with Gasteiger partial charge in [-0.25, -0.2) is 0 Å². The van der Waals surface area contributed by atoms with Crippen molar-refractivity contribution in [1.82, 2.24) is 10.2 Å². The van der Waals surface area contributed by atoms with E-state index < -0.39 is 0 Å². The number of ether oxygens (including phenoxy) is 1. The Balaban J connectivity index is 1.64. The molecule has 1 fully saturated rings. The molecule has 0 aliphatic carbocycles. The number of amides is 1. The van der Waals surface area contributed by atoms with Gasteiger partial charge in [0.1, 0.15) is 5.75 Å². The second-order valence-electron chi connectivity index (χ2n) is 6.56. The van der Waals surface area contributed by atoms with Crippen molar-refractivity contribution in [2.24, 2.45) is 0 Å². The summed E-state index contributed by atoms with van der Waals surface area (Å²) in [5, 5.41) is 3.34. The molecule has 0 unspecified atom stereocenters. The lowest BCUT2D eigenvalue weighted by atomic mass is 10.0. The first-order valence-corrected chi connectivity index (χ1v) is 8.74. The van der Waals surface area contributed by atoms with Crippen molar-refractivity contribution < 1.29 is 9.53 Å². The molecule has 1 aromatic rings. The molecule has 1 saturated heterocycles. The topological polar surface area (TPSA) is 41.6 Å². The molecule has 4 heteroatoms. The van der Waals surface area contributed by atoms with Gasteiger partial charge in [-0.15, -0.1) is 0 Å². The van der Waals surface area contributed by atoms with Gasteiger partial charge in [-0.05, 0) is 69.8 Å². The zero-order valence-corrected chi connectivity index (χ0v) is 14.7. The molecule has 1 aromatic carbocycles. The number of nitrogens with one attached hydrogen (secondary N) is 1. The number of unbranched alkanes of at least 4 members (excludes halogenated alkanes) is 1. The molecular formula is C19H30N2O2.